The summed E-state index contributed by atoms with van der Waals surface area (Å²) < 4.78 is 25.3. The highest BCUT2D eigenvalue weighted by Gasteiger charge is 2.54. The van der Waals surface area contributed by atoms with Crippen LogP contribution in [0.15, 0.2) is 42.5 Å². The van der Waals surface area contributed by atoms with E-state index in [0.29, 0.717) is 41.0 Å². The summed E-state index contributed by atoms with van der Waals surface area (Å²) in [6.45, 7) is 1.42. The third kappa shape index (κ3) is 4.01. The van der Waals surface area contributed by atoms with E-state index in [-0.39, 0.29) is 22.5 Å². The lowest BCUT2D eigenvalue weighted by Gasteiger charge is -2.16. The lowest BCUT2D eigenvalue weighted by molar-refractivity contribution is -0.147. The molecule has 0 aliphatic heterocycles. The first-order chi connectivity index (χ1) is 15.2. The Balaban J connectivity index is 1.90. The number of nitrogens with zero attached hydrogens (tertiary/aromatic N) is 2. The molecule has 0 radical (unpaired) electrons. The topological polar surface area (TPSA) is 98.6 Å². The quantitative estimate of drug-likeness (QED) is 0.509. The maximum atomic E-state index is 14.1. The Morgan fingerprint density at radius 1 is 1.16 bits per heavy atom. The van der Waals surface area contributed by atoms with Gasteiger partial charge in [0.15, 0.2) is 11.6 Å². The molecule has 1 saturated carbocycles. The highest BCUT2D eigenvalue weighted by atomic mass is 35.5. The predicted octanol–water partition coefficient (Wildman–Crippen LogP) is 4.81. The second kappa shape index (κ2) is 8.20. The van der Waals surface area contributed by atoms with Crippen molar-refractivity contribution in [3.8, 4) is 34.3 Å². The van der Waals surface area contributed by atoms with E-state index in [2.05, 4.69) is 9.97 Å². The lowest BCUT2D eigenvalue weighted by Crippen LogP contribution is -2.29. The molecule has 32 heavy (non-hydrogen) atoms. The Morgan fingerprint density at radius 3 is 2.50 bits per heavy atom. The van der Waals surface area contributed by atoms with Crippen molar-refractivity contribution in [1.82, 2.24) is 9.97 Å². The molecule has 1 fully saturated rings. The molecule has 4 rings (SSSR count). The number of Topliss-reactive ketones (excluding diaryl/α,β-unsaturated/α-hetero) is 1. The van der Waals surface area contributed by atoms with Crippen LogP contribution in [0.3, 0.4) is 0 Å². The number of carbonyl (C=O) groups is 2. The van der Waals surface area contributed by atoms with Crippen LogP contribution in [-0.2, 0) is 4.79 Å². The van der Waals surface area contributed by atoms with Crippen LogP contribution in [0.4, 0.5) is 4.39 Å². The van der Waals surface area contributed by atoms with E-state index in [0.717, 1.165) is 0 Å². The molecule has 0 bridgehead atoms. The summed E-state index contributed by atoms with van der Waals surface area (Å²) in [4.78, 5) is 32.5. The number of aliphatic carboxylic acids is 1. The minimum Gasteiger partial charge on any atom is -0.495 e. The molecule has 0 atom stereocenters. The number of para-hydroxylation sites is 1. The minimum absolute atomic E-state index is 0.00976. The molecule has 2 aromatic carbocycles. The maximum absolute atomic E-state index is 14.1. The predicted molar refractivity (Wildman–Crippen MR) is 115 cm³/mol. The van der Waals surface area contributed by atoms with Crippen molar-refractivity contribution in [3.05, 3.63) is 58.9 Å². The Bertz CT molecular complexity index is 1240. The Hall–Kier alpha value is -3.52. The van der Waals surface area contributed by atoms with E-state index in [4.69, 9.17) is 21.1 Å². The average molecular weight is 457 g/mol. The van der Waals surface area contributed by atoms with Gasteiger partial charge in [-0.1, -0.05) is 17.7 Å². The summed E-state index contributed by atoms with van der Waals surface area (Å²) in [5, 5.41) is 9.44. The van der Waals surface area contributed by atoms with Crippen LogP contribution < -0.4 is 9.47 Å². The number of carbonyl (C=O) groups excluding carboxylic acids is 1. The fourth-order valence-corrected chi connectivity index (χ4v) is 3.41. The number of ketones is 1. The second-order valence-corrected chi connectivity index (χ2v) is 7.80. The van der Waals surface area contributed by atoms with Gasteiger partial charge in [-0.25, -0.2) is 14.2 Å². The zero-order valence-electron chi connectivity index (χ0n) is 17.2. The smallest absolute Gasteiger partial charge is 0.348 e. The van der Waals surface area contributed by atoms with E-state index in [1.54, 1.807) is 24.3 Å². The number of carboxylic acids is 1. The molecule has 1 N–H and O–H groups in total. The van der Waals surface area contributed by atoms with E-state index in [1.807, 2.05) is 0 Å². The molecule has 0 amide bonds. The van der Waals surface area contributed by atoms with Gasteiger partial charge in [0.05, 0.1) is 23.4 Å². The number of hydrogen-bond donors (Lipinski definition) is 1. The monoisotopic (exact) mass is 456 g/mol. The van der Waals surface area contributed by atoms with E-state index < -0.39 is 17.4 Å². The average Bonchev–Trinajstić information content (AvgIpc) is 3.55. The third-order valence-corrected chi connectivity index (χ3v) is 5.46. The molecule has 1 aromatic heterocycles. The maximum Gasteiger partial charge on any atom is 0.348 e. The zero-order valence-corrected chi connectivity index (χ0v) is 17.9. The molecule has 1 aliphatic carbocycles. The van der Waals surface area contributed by atoms with E-state index >= 15 is 0 Å². The number of ether oxygens (including phenoxy) is 2. The molecule has 0 spiro atoms. The number of carboxylic acid groups (broad SMARTS) is 1. The van der Waals surface area contributed by atoms with Crippen molar-refractivity contribution in [1.29, 1.82) is 0 Å². The number of aromatic nitrogens is 2. The van der Waals surface area contributed by atoms with Crippen molar-refractivity contribution >= 4 is 23.4 Å². The number of halogens is 2. The van der Waals surface area contributed by atoms with Crippen LogP contribution in [0.1, 0.15) is 30.1 Å². The second-order valence-electron chi connectivity index (χ2n) is 7.39. The SMILES string of the molecule is COc1c(C(C)=O)cccc1-c1cc(OC2(C(=O)O)CC2)nc(-c2ccc(Cl)c(F)c2)n1. The number of benzene rings is 2. The van der Waals surface area contributed by atoms with Gasteiger partial charge in [-0.2, -0.15) is 4.98 Å². The summed E-state index contributed by atoms with van der Waals surface area (Å²) >= 11 is 5.79. The molecular formula is C23H18ClFN2O5. The number of hydrogen-bond acceptors (Lipinski definition) is 6. The largest absolute Gasteiger partial charge is 0.495 e. The number of rotatable bonds is 7. The first-order valence-electron chi connectivity index (χ1n) is 9.69. The molecule has 0 saturated heterocycles. The lowest BCUT2D eigenvalue weighted by atomic mass is 10.0. The van der Waals surface area contributed by atoms with E-state index in [9.17, 15) is 19.1 Å². The van der Waals surface area contributed by atoms with Crippen molar-refractivity contribution in [3.63, 3.8) is 0 Å². The molecule has 164 valence electrons. The van der Waals surface area contributed by atoms with Crippen molar-refractivity contribution in [2.45, 2.75) is 25.4 Å². The summed E-state index contributed by atoms with van der Waals surface area (Å²) in [5.74, 6) is -1.52. The fourth-order valence-electron chi connectivity index (χ4n) is 3.29. The van der Waals surface area contributed by atoms with Gasteiger partial charge in [-0.3, -0.25) is 4.79 Å². The molecule has 3 aromatic rings. The fraction of sp³-hybridized carbons (Fsp3) is 0.217. The summed E-state index contributed by atoms with van der Waals surface area (Å²) in [7, 11) is 1.43. The van der Waals surface area contributed by atoms with Gasteiger partial charge in [0.2, 0.25) is 11.5 Å². The van der Waals surface area contributed by atoms with Crippen LogP contribution in [0.2, 0.25) is 5.02 Å². The first-order valence-corrected chi connectivity index (χ1v) is 10.1. The molecule has 1 aliphatic rings. The van der Waals surface area contributed by atoms with Gasteiger partial charge in [-0.15, -0.1) is 0 Å². The van der Waals surface area contributed by atoms with Crippen molar-refractivity contribution in [2.24, 2.45) is 0 Å². The van der Waals surface area contributed by atoms with Crippen LogP contribution in [0.25, 0.3) is 22.6 Å². The molecule has 0 unspecified atom stereocenters. The van der Waals surface area contributed by atoms with Gasteiger partial charge >= 0.3 is 5.97 Å². The number of methoxy groups -OCH3 is 1. The van der Waals surface area contributed by atoms with E-state index in [1.165, 1.54) is 32.2 Å². The highest BCUT2D eigenvalue weighted by Crippen LogP contribution is 2.42. The zero-order chi connectivity index (χ0) is 23.0. The molecule has 7 nitrogen and oxygen atoms in total. The first kappa shape index (κ1) is 21.7. The molecule has 1 heterocycles. The molecule has 9 heteroatoms. The van der Waals surface area contributed by atoms with Crippen LogP contribution >= 0.6 is 11.6 Å². The third-order valence-electron chi connectivity index (χ3n) is 5.15. The minimum atomic E-state index is -1.35. The summed E-state index contributed by atoms with van der Waals surface area (Å²) in [6.07, 6.45) is 0.686. The molecular weight excluding hydrogens is 439 g/mol. The Labute approximate surface area is 187 Å². The normalized spacial score (nSPS) is 14.0. The van der Waals surface area contributed by atoms with Gasteiger partial charge in [-0.05, 0) is 37.3 Å². The Kier molecular flexibility index (Phi) is 5.56. The van der Waals surface area contributed by atoms with Gasteiger partial charge in [0, 0.05) is 30.0 Å². The van der Waals surface area contributed by atoms with Gasteiger partial charge in [0.25, 0.3) is 0 Å². The van der Waals surface area contributed by atoms with Crippen LogP contribution in [0, 0.1) is 5.82 Å². The van der Waals surface area contributed by atoms with Gasteiger partial charge < -0.3 is 14.6 Å². The van der Waals surface area contributed by atoms with Gasteiger partial charge in [0.1, 0.15) is 11.6 Å². The summed E-state index contributed by atoms with van der Waals surface area (Å²) in [6, 6.07) is 10.6. The van der Waals surface area contributed by atoms with Crippen molar-refractivity contribution < 1.29 is 28.6 Å². The van der Waals surface area contributed by atoms with Crippen LogP contribution in [-0.4, -0.2) is 39.5 Å². The highest BCUT2D eigenvalue weighted by molar-refractivity contribution is 6.30. The van der Waals surface area contributed by atoms with Crippen molar-refractivity contribution in [2.75, 3.05) is 7.11 Å². The standard InChI is InChI=1S/C23H18ClFN2O5/c1-12(28)14-4-3-5-15(20(14)31-2)18-11-19(32-23(8-9-23)22(29)30)27-21(26-18)13-6-7-16(24)17(25)10-13/h3-7,10-11H,8-9H2,1-2H3,(H,29,30). The Morgan fingerprint density at radius 2 is 1.91 bits per heavy atom. The van der Waals surface area contributed by atoms with Crippen LogP contribution in [0.5, 0.6) is 11.6 Å². The summed E-state index contributed by atoms with van der Waals surface area (Å²) in [5.41, 5.74) is 0.124.